The van der Waals surface area contributed by atoms with Crippen molar-refractivity contribution in [3.63, 3.8) is 0 Å². The number of carbonyl (C=O) groups is 2. The van der Waals surface area contributed by atoms with Gasteiger partial charge in [0.05, 0.1) is 17.5 Å². The van der Waals surface area contributed by atoms with Crippen LogP contribution in [-0.4, -0.2) is 23.5 Å². The van der Waals surface area contributed by atoms with Crippen LogP contribution in [0.25, 0.3) is 0 Å². The Balaban J connectivity index is 1.38. The van der Waals surface area contributed by atoms with Crippen molar-refractivity contribution in [3.8, 4) is 17.2 Å². The van der Waals surface area contributed by atoms with E-state index in [1.807, 2.05) is 0 Å². The number of hydrogen-bond acceptors (Lipinski definition) is 4. The maximum Gasteiger partial charge on any atom is 0.311 e. The maximum atomic E-state index is 13.9. The van der Waals surface area contributed by atoms with E-state index in [0.717, 1.165) is 0 Å². The summed E-state index contributed by atoms with van der Waals surface area (Å²) in [6, 6.07) is 14.3. The van der Waals surface area contributed by atoms with Crippen LogP contribution in [0.4, 0.5) is 4.39 Å². The number of halogens is 3. The molecule has 0 aliphatic carbocycles. The molecule has 0 aromatic heterocycles. The topological polar surface area (TPSA) is 72.8 Å². The van der Waals surface area contributed by atoms with Gasteiger partial charge < -0.3 is 14.6 Å². The summed E-state index contributed by atoms with van der Waals surface area (Å²) in [6.45, 7) is 0.298. The smallest absolute Gasteiger partial charge is 0.311 e. The van der Waals surface area contributed by atoms with E-state index in [2.05, 4.69) is 0 Å². The van der Waals surface area contributed by atoms with E-state index in [1.165, 1.54) is 6.07 Å². The van der Waals surface area contributed by atoms with Crippen LogP contribution >= 0.6 is 23.2 Å². The third kappa shape index (κ3) is 5.51. The normalized spacial score (nSPS) is 14.7. The first kappa shape index (κ1) is 24.0. The molecule has 0 saturated carbocycles. The molecule has 3 aromatic rings. The molecule has 0 bridgehead atoms. The van der Waals surface area contributed by atoms with Crippen LogP contribution in [0.2, 0.25) is 10.0 Å². The van der Waals surface area contributed by atoms with Crippen LogP contribution in [0, 0.1) is 5.82 Å². The number of aliphatic carboxylic acids is 1. The Morgan fingerprint density at radius 1 is 1.09 bits per heavy atom. The Bertz CT molecular complexity index is 1230. The summed E-state index contributed by atoms with van der Waals surface area (Å²) in [5, 5.41) is 10.0. The first-order valence-electron chi connectivity index (χ1n) is 10.8. The minimum atomic E-state index is -0.923. The second-order valence-corrected chi connectivity index (χ2v) is 8.83. The third-order valence-electron chi connectivity index (χ3n) is 5.67. The van der Waals surface area contributed by atoms with E-state index in [4.69, 9.17) is 32.7 Å². The number of aryl methyl sites for hydroxylation is 1. The SMILES string of the molecule is O=C(CCCc1ccc(Cl)cc1F)c1ccc(Oc2cc3c(cc2Cl)C(C(=O)O)CCO3)cc1. The number of rotatable bonds is 8. The zero-order chi connectivity index (χ0) is 24.2. The van der Waals surface area contributed by atoms with Gasteiger partial charge in [0.1, 0.15) is 23.1 Å². The number of ether oxygens (including phenoxy) is 2. The van der Waals surface area contributed by atoms with Gasteiger partial charge in [-0.15, -0.1) is 0 Å². The molecular weight excluding hydrogens is 482 g/mol. The van der Waals surface area contributed by atoms with Gasteiger partial charge in [0.2, 0.25) is 0 Å². The number of benzene rings is 3. The van der Waals surface area contributed by atoms with Gasteiger partial charge in [0.15, 0.2) is 5.78 Å². The quantitative estimate of drug-likeness (QED) is 0.333. The lowest BCUT2D eigenvalue weighted by molar-refractivity contribution is -0.139. The lowest BCUT2D eigenvalue weighted by Gasteiger charge is -2.24. The van der Waals surface area contributed by atoms with E-state index in [1.54, 1.807) is 48.5 Å². The largest absolute Gasteiger partial charge is 0.493 e. The van der Waals surface area contributed by atoms with Crippen molar-refractivity contribution in [2.24, 2.45) is 0 Å². The summed E-state index contributed by atoms with van der Waals surface area (Å²) in [6.07, 6.45) is 1.61. The van der Waals surface area contributed by atoms with Crippen molar-refractivity contribution >= 4 is 35.0 Å². The minimum Gasteiger partial charge on any atom is -0.493 e. The van der Waals surface area contributed by atoms with E-state index < -0.39 is 11.9 Å². The van der Waals surface area contributed by atoms with Crippen molar-refractivity contribution in [1.29, 1.82) is 0 Å². The Kier molecular flexibility index (Phi) is 7.39. The molecule has 1 aliphatic rings. The summed E-state index contributed by atoms with van der Waals surface area (Å²) in [5.74, 6) is -0.790. The summed E-state index contributed by atoms with van der Waals surface area (Å²) in [5.41, 5.74) is 1.57. The van der Waals surface area contributed by atoms with Gasteiger partial charge in [-0.3, -0.25) is 9.59 Å². The van der Waals surface area contributed by atoms with Crippen molar-refractivity contribution in [1.82, 2.24) is 0 Å². The minimum absolute atomic E-state index is 0.0548. The molecule has 0 amide bonds. The highest BCUT2D eigenvalue weighted by Gasteiger charge is 2.29. The molecule has 176 valence electrons. The second-order valence-electron chi connectivity index (χ2n) is 7.99. The molecule has 1 aliphatic heterocycles. The predicted octanol–water partition coefficient (Wildman–Crippen LogP) is 7.08. The molecule has 0 saturated heterocycles. The molecule has 4 rings (SSSR count). The predicted molar refractivity (Wildman–Crippen MR) is 127 cm³/mol. The lowest BCUT2D eigenvalue weighted by atomic mass is 9.93. The third-order valence-corrected chi connectivity index (χ3v) is 6.20. The standard InChI is InChI=1S/C26H21Cl2FO5/c27-17-7-4-15(22(29)12-17)2-1-3-23(30)16-5-8-18(9-6-16)34-25-14-24-20(13-21(25)28)19(26(31)32)10-11-33-24/h4-9,12-14,19H,1-3,10-11H2,(H,31,32). The fourth-order valence-corrected chi connectivity index (χ4v) is 4.24. The second kappa shape index (κ2) is 10.5. The molecule has 8 heteroatoms. The Hall–Kier alpha value is -3.09. The molecular formula is C26H21Cl2FO5. The first-order valence-corrected chi connectivity index (χ1v) is 11.5. The molecule has 0 fully saturated rings. The number of hydrogen-bond donors (Lipinski definition) is 1. The molecule has 3 aromatic carbocycles. The van der Waals surface area contributed by atoms with Crippen molar-refractivity contribution in [3.05, 3.63) is 87.2 Å². The Morgan fingerprint density at radius 3 is 2.56 bits per heavy atom. The summed E-state index contributed by atoms with van der Waals surface area (Å²) >= 11 is 12.1. The zero-order valence-electron chi connectivity index (χ0n) is 18.0. The molecule has 34 heavy (non-hydrogen) atoms. The van der Waals surface area contributed by atoms with Crippen LogP contribution in [-0.2, 0) is 11.2 Å². The monoisotopic (exact) mass is 502 g/mol. The van der Waals surface area contributed by atoms with E-state index in [0.29, 0.717) is 64.8 Å². The number of carbonyl (C=O) groups excluding carboxylic acids is 1. The average Bonchev–Trinajstić information content (AvgIpc) is 2.81. The van der Waals surface area contributed by atoms with Crippen LogP contribution in [0.5, 0.6) is 17.2 Å². The van der Waals surface area contributed by atoms with Crippen LogP contribution in [0.3, 0.4) is 0 Å². The molecule has 0 radical (unpaired) electrons. The van der Waals surface area contributed by atoms with Crippen LogP contribution in [0.1, 0.15) is 46.7 Å². The highest BCUT2D eigenvalue weighted by atomic mass is 35.5. The van der Waals surface area contributed by atoms with E-state index >= 15 is 0 Å². The van der Waals surface area contributed by atoms with Crippen molar-refractivity contribution < 1.29 is 28.6 Å². The molecule has 1 N–H and O–H groups in total. The Morgan fingerprint density at radius 2 is 1.85 bits per heavy atom. The number of Topliss-reactive ketones (excluding diaryl/α,β-unsaturated/α-hetero) is 1. The number of ketones is 1. The van der Waals surface area contributed by atoms with Gasteiger partial charge in [-0.1, -0.05) is 29.3 Å². The van der Waals surface area contributed by atoms with E-state index in [9.17, 15) is 19.1 Å². The molecule has 5 nitrogen and oxygen atoms in total. The zero-order valence-corrected chi connectivity index (χ0v) is 19.5. The lowest BCUT2D eigenvalue weighted by Crippen LogP contribution is -2.20. The van der Waals surface area contributed by atoms with Gasteiger partial charge in [-0.2, -0.15) is 0 Å². The highest BCUT2D eigenvalue weighted by Crippen LogP contribution is 2.41. The summed E-state index contributed by atoms with van der Waals surface area (Å²) in [4.78, 5) is 24.0. The Labute approximate surface area is 206 Å². The van der Waals surface area contributed by atoms with Gasteiger partial charge >= 0.3 is 5.97 Å². The van der Waals surface area contributed by atoms with Gasteiger partial charge in [-0.25, -0.2) is 4.39 Å². The van der Waals surface area contributed by atoms with Gasteiger partial charge in [0.25, 0.3) is 0 Å². The van der Waals surface area contributed by atoms with Gasteiger partial charge in [0, 0.05) is 28.6 Å². The fraction of sp³-hybridized carbons (Fsp3) is 0.231. The maximum absolute atomic E-state index is 13.9. The van der Waals surface area contributed by atoms with Crippen LogP contribution in [0.15, 0.2) is 54.6 Å². The van der Waals surface area contributed by atoms with Crippen LogP contribution < -0.4 is 9.47 Å². The highest BCUT2D eigenvalue weighted by molar-refractivity contribution is 6.32. The van der Waals surface area contributed by atoms with Crippen molar-refractivity contribution in [2.75, 3.05) is 6.61 Å². The van der Waals surface area contributed by atoms with Crippen molar-refractivity contribution in [2.45, 2.75) is 31.6 Å². The average molecular weight is 503 g/mol. The summed E-state index contributed by atoms with van der Waals surface area (Å²) in [7, 11) is 0. The molecule has 0 spiro atoms. The summed E-state index contributed by atoms with van der Waals surface area (Å²) < 4.78 is 25.3. The number of fused-ring (bicyclic) bond motifs is 1. The number of carboxylic acid groups (broad SMARTS) is 1. The van der Waals surface area contributed by atoms with Gasteiger partial charge in [-0.05, 0) is 67.3 Å². The molecule has 1 atom stereocenters. The first-order chi connectivity index (χ1) is 16.3. The molecule has 1 heterocycles. The van der Waals surface area contributed by atoms with E-state index in [-0.39, 0.29) is 23.0 Å². The molecule has 1 unspecified atom stereocenters. The number of carboxylic acids is 1. The fourth-order valence-electron chi connectivity index (χ4n) is 3.87.